The third-order valence-corrected chi connectivity index (χ3v) is 6.03. The molecule has 0 unspecified atom stereocenters. The molecule has 1 aliphatic carbocycles. The Morgan fingerprint density at radius 3 is 2.32 bits per heavy atom. The number of pyridine rings is 1. The van der Waals surface area contributed by atoms with Gasteiger partial charge in [-0.15, -0.1) is 0 Å². The summed E-state index contributed by atoms with van der Waals surface area (Å²) in [5, 5.41) is 11.9. The van der Waals surface area contributed by atoms with E-state index in [2.05, 4.69) is 29.0 Å². The molecule has 1 saturated carbocycles. The Bertz CT molecular complexity index is 1050. The number of nitrogens with zero attached hydrogens (tertiary/aromatic N) is 1. The molecule has 3 rings (SSSR count). The van der Waals surface area contributed by atoms with Gasteiger partial charge in [-0.25, -0.2) is 4.98 Å². The fraction of sp³-hybridized carbons (Fsp3) is 0.308. The van der Waals surface area contributed by atoms with Crippen LogP contribution in [0, 0.1) is 5.92 Å². The number of carboxylic acids is 1. The molecule has 0 spiro atoms. The summed E-state index contributed by atoms with van der Waals surface area (Å²) in [6.07, 6.45) is 5.63. The van der Waals surface area contributed by atoms with Gasteiger partial charge in [0.05, 0.1) is 11.9 Å². The molecule has 0 radical (unpaired) electrons. The molecule has 2 aromatic rings. The minimum absolute atomic E-state index is 0.247. The number of hydrogen-bond donors (Lipinski definition) is 3. The monoisotopic (exact) mass is 471 g/mol. The first kappa shape index (κ1) is 25.1. The van der Waals surface area contributed by atoms with E-state index in [1.807, 2.05) is 12.1 Å². The molecular formula is C26H28F3N3O2. The molecule has 5 nitrogen and oxygen atoms in total. The van der Waals surface area contributed by atoms with Gasteiger partial charge in [-0.2, -0.15) is 13.2 Å². The third-order valence-electron chi connectivity index (χ3n) is 6.03. The summed E-state index contributed by atoms with van der Waals surface area (Å²) in [5.74, 6) is -0.0301. The molecule has 0 atom stereocenters. The van der Waals surface area contributed by atoms with Crippen molar-refractivity contribution < 1.29 is 23.1 Å². The molecule has 1 heterocycles. The maximum Gasteiger partial charge on any atom is 0.433 e. The minimum Gasteiger partial charge on any atom is -0.481 e. The van der Waals surface area contributed by atoms with Crippen molar-refractivity contribution in [2.45, 2.75) is 44.2 Å². The molecule has 1 fully saturated rings. The Kier molecular flexibility index (Phi) is 8.15. The topological polar surface area (TPSA) is 88.2 Å². The number of carboxylic acid groups (broad SMARTS) is 1. The van der Waals surface area contributed by atoms with E-state index < -0.39 is 17.8 Å². The second kappa shape index (κ2) is 11.0. The SMILES string of the molecule is C=C/C(=C\C=C(/N)c1ccc([C@H]2CC[C@H](CC(=O)O)CC2)cc1)Nc1ccc(C(F)(F)F)nc1. The van der Waals surface area contributed by atoms with Crippen LogP contribution in [0.5, 0.6) is 0 Å². The number of hydrogen-bond acceptors (Lipinski definition) is 4. The zero-order chi connectivity index (χ0) is 24.7. The van der Waals surface area contributed by atoms with Gasteiger partial charge in [0, 0.05) is 17.8 Å². The lowest BCUT2D eigenvalue weighted by Crippen LogP contribution is -2.16. The number of nitrogens with one attached hydrogen (secondary N) is 1. The van der Waals surface area contributed by atoms with Crippen LogP contribution in [0.4, 0.5) is 18.9 Å². The molecule has 1 aliphatic rings. The van der Waals surface area contributed by atoms with Crippen LogP contribution in [-0.2, 0) is 11.0 Å². The van der Waals surface area contributed by atoms with E-state index in [1.54, 1.807) is 12.2 Å². The maximum absolute atomic E-state index is 12.7. The van der Waals surface area contributed by atoms with Crippen LogP contribution in [0.2, 0.25) is 0 Å². The van der Waals surface area contributed by atoms with Crippen molar-refractivity contribution in [3.63, 3.8) is 0 Å². The van der Waals surface area contributed by atoms with Crippen molar-refractivity contribution in [2.24, 2.45) is 11.7 Å². The summed E-state index contributed by atoms with van der Waals surface area (Å²) in [7, 11) is 0. The van der Waals surface area contributed by atoms with Gasteiger partial charge < -0.3 is 16.2 Å². The Balaban J connectivity index is 1.61. The van der Waals surface area contributed by atoms with Crippen molar-refractivity contribution in [1.29, 1.82) is 0 Å². The summed E-state index contributed by atoms with van der Waals surface area (Å²) in [4.78, 5) is 14.3. The lowest BCUT2D eigenvalue weighted by atomic mass is 9.77. The summed E-state index contributed by atoms with van der Waals surface area (Å²) in [6, 6.07) is 10.2. The zero-order valence-corrected chi connectivity index (χ0v) is 18.7. The average Bonchev–Trinajstić information content (AvgIpc) is 2.81. The first-order valence-electron chi connectivity index (χ1n) is 11.1. The number of anilines is 1. The van der Waals surface area contributed by atoms with Crippen LogP contribution in [0.1, 0.15) is 54.8 Å². The summed E-state index contributed by atoms with van der Waals surface area (Å²) >= 11 is 0. The number of allylic oxidation sites excluding steroid dienone is 3. The molecular weight excluding hydrogens is 443 g/mol. The van der Waals surface area contributed by atoms with Crippen molar-refractivity contribution in [2.75, 3.05) is 5.32 Å². The third kappa shape index (κ3) is 6.97. The highest BCUT2D eigenvalue weighted by Crippen LogP contribution is 2.37. The first-order valence-corrected chi connectivity index (χ1v) is 11.1. The highest BCUT2D eigenvalue weighted by molar-refractivity contribution is 5.67. The lowest BCUT2D eigenvalue weighted by Gasteiger charge is -2.28. The molecule has 1 aromatic carbocycles. The highest BCUT2D eigenvalue weighted by Gasteiger charge is 2.32. The molecule has 0 amide bonds. The quantitative estimate of drug-likeness (QED) is 0.392. The smallest absolute Gasteiger partial charge is 0.433 e. The fourth-order valence-electron chi connectivity index (χ4n) is 4.13. The number of aliphatic carboxylic acids is 1. The molecule has 8 heteroatoms. The lowest BCUT2D eigenvalue weighted by molar-refractivity contribution is -0.141. The normalized spacial score (nSPS) is 19.5. The molecule has 0 aliphatic heterocycles. The number of alkyl halides is 3. The summed E-state index contributed by atoms with van der Waals surface area (Å²) in [6.45, 7) is 3.72. The molecule has 180 valence electrons. The number of rotatable bonds is 8. The average molecular weight is 472 g/mol. The second-order valence-electron chi connectivity index (χ2n) is 8.44. The van der Waals surface area contributed by atoms with E-state index in [9.17, 15) is 18.0 Å². The number of aromatic nitrogens is 1. The van der Waals surface area contributed by atoms with E-state index in [4.69, 9.17) is 10.8 Å². The number of benzene rings is 1. The summed E-state index contributed by atoms with van der Waals surface area (Å²) < 4.78 is 38.0. The maximum atomic E-state index is 12.7. The van der Waals surface area contributed by atoms with Crippen LogP contribution >= 0.6 is 0 Å². The van der Waals surface area contributed by atoms with E-state index in [1.165, 1.54) is 17.7 Å². The van der Waals surface area contributed by atoms with E-state index >= 15 is 0 Å². The number of carbonyl (C=O) groups is 1. The Morgan fingerprint density at radius 2 is 1.79 bits per heavy atom. The van der Waals surface area contributed by atoms with E-state index in [0.717, 1.165) is 43.5 Å². The largest absolute Gasteiger partial charge is 0.481 e. The van der Waals surface area contributed by atoms with Crippen molar-refractivity contribution in [3.05, 3.63) is 89.9 Å². The van der Waals surface area contributed by atoms with Gasteiger partial charge >= 0.3 is 12.1 Å². The molecule has 0 saturated heterocycles. The Labute approximate surface area is 196 Å². The fourth-order valence-corrected chi connectivity index (χ4v) is 4.13. The Morgan fingerprint density at radius 1 is 1.12 bits per heavy atom. The Hall–Kier alpha value is -3.55. The van der Waals surface area contributed by atoms with E-state index in [-0.39, 0.29) is 12.3 Å². The molecule has 0 bridgehead atoms. The van der Waals surface area contributed by atoms with Crippen molar-refractivity contribution in [1.82, 2.24) is 4.98 Å². The van der Waals surface area contributed by atoms with Crippen LogP contribution in [0.15, 0.2) is 73.1 Å². The van der Waals surface area contributed by atoms with Gasteiger partial charge in [0.2, 0.25) is 0 Å². The van der Waals surface area contributed by atoms with Crippen molar-refractivity contribution >= 4 is 17.4 Å². The second-order valence-corrected chi connectivity index (χ2v) is 8.44. The zero-order valence-electron chi connectivity index (χ0n) is 18.7. The standard InChI is InChI=1S/C26H28F3N3O2/c1-2-21(32-22-12-14-24(31-16-22)26(27,28)29)11-13-23(30)20-9-7-19(8-10-20)18-5-3-17(4-6-18)15-25(33)34/h2,7-14,16-18,32H,1,3-6,15,30H2,(H,33,34)/b21-11+,23-13-/t17-,18-. The highest BCUT2D eigenvalue weighted by atomic mass is 19.4. The number of halogens is 3. The summed E-state index contributed by atoms with van der Waals surface area (Å²) in [5.41, 5.74) is 8.81. The van der Waals surface area contributed by atoms with Gasteiger partial charge in [0.15, 0.2) is 0 Å². The minimum atomic E-state index is -4.48. The predicted molar refractivity (Wildman–Crippen MR) is 127 cm³/mol. The molecule has 4 N–H and O–H groups in total. The van der Waals surface area contributed by atoms with Crippen molar-refractivity contribution in [3.8, 4) is 0 Å². The first-order chi connectivity index (χ1) is 16.2. The molecule has 1 aromatic heterocycles. The van der Waals surface area contributed by atoms with Gasteiger partial charge in [0.25, 0.3) is 0 Å². The van der Waals surface area contributed by atoms with Gasteiger partial charge in [-0.1, -0.05) is 30.8 Å². The number of nitrogens with two attached hydrogens (primary N) is 1. The van der Waals surface area contributed by atoms with Gasteiger partial charge in [-0.05, 0) is 79.0 Å². The predicted octanol–water partition coefficient (Wildman–Crippen LogP) is 6.33. The van der Waals surface area contributed by atoms with Crippen LogP contribution in [-0.4, -0.2) is 16.1 Å². The van der Waals surface area contributed by atoms with Crippen LogP contribution in [0.25, 0.3) is 5.70 Å². The van der Waals surface area contributed by atoms with Crippen LogP contribution < -0.4 is 11.1 Å². The molecule has 34 heavy (non-hydrogen) atoms. The van der Waals surface area contributed by atoms with Gasteiger partial charge in [0.1, 0.15) is 5.69 Å². The van der Waals surface area contributed by atoms with Crippen LogP contribution in [0.3, 0.4) is 0 Å². The van der Waals surface area contributed by atoms with E-state index in [0.29, 0.717) is 23.0 Å². The van der Waals surface area contributed by atoms with Gasteiger partial charge in [-0.3, -0.25) is 4.79 Å².